The van der Waals surface area contributed by atoms with Crippen molar-refractivity contribution in [2.75, 3.05) is 19.5 Å². The number of nitrogens with zero attached hydrogens (tertiary/aromatic N) is 1. The van der Waals surface area contributed by atoms with Crippen molar-refractivity contribution in [3.8, 4) is 0 Å². The van der Waals surface area contributed by atoms with Crippen molar-refractivity contribution in [1.29, 1.82) is 0 Å². The third kappa shape index (κ3) is 2.52. The number of hydrogen-bond acceptors (Lipinski definition) is 6. The van der Waals surface area contributed by atoms with Gasteiger partial charge in [0.1, 0.15) is 11.3 Å². The van der Waals surface area contributed by atoms with Gasteiger partial charge in [0, 0.05) is 0 Å². The minimum atomic E-state index is -0.830. The lowest BCUT2D eigenvalue weighted by molar-refractivity contribution is 0.0551. The van der Waals surface area contributed by atoms with Gasteiger partial charge in [-0.15, -0.1) is 0 Å². The van der Waals surface area contributed by atoms with Crippen LogP contribution in [0.3, 0.4) is 0 Å². The Morgan fingerprint density at radius 3 is 2.29 bits per heavy atom. The second-order valence-corrected chi connectivity index (χ2v) is 3.42. The molecule has 0 atom stereocenters. The summed E-state index contributed by atoms with van der Waals surface area (Å²) in [5.41, 5.74) is -0.582. The minimum absolute atomic E-state index is 0.0253. The van der Waals surface area contributed by atoms with E-state index >= 15 is 0 Å². The number of nitrogens with one attached hydrogen (secondary N) is 1. The highest BCUT2D eigenvalue weighted by molar-refractivity contribution is 9.09. The first-order chi connectivity index (χ1) is 8.06. The van der Waals surface area contributed by atoms with Crippen LogP contribution in [0.25, 0.3) is 0 Å². The molecule has 0 amide bonds. The number of hydrogen-bond donors (Lipinski definition) is 1. The summed E-state index contributed by atoms with van der Waals surface area (Å²) >= 11 is 2.95. The van der Waals surface area contributed by atoms with Crippen molar-refractivity contribution >= 4 is 33.7 Å². The first-order valence-electron chi connectivity index (χ1n) is 4.41. The number of ketones is 1. The van der Waals surface area contributed by atoms with Gasteiger partial charge in [0.25, 0.3) is 0 Å². The van der Waals surface area contributed by atoms with Gasteiger partial charge in [-0.3, -0.25) is 9.89 Å². The van der Waals surface area contributed by atoms with E-state index in [2.05, 4.69) is 35.6 Å². The Morgan fingerprint density at radius 1 is 1.24 bits per heavy atom. The number of aromatic nitrogens is 2. The van der Waals surface area contributed by atoms with E-state index in [1.54, 1.807) is 0 Å². The predicted molar refractivity (Wildman–Crippen MR) is 59.4 cm³/mol. The molecule has 17 heavy (non-hydrogen) atoms. The van der Waals surface area contributed by atoms with Crippen LogP contribution >= 0.6 is 15.9 Å². The number of esters is 2. The molecule has 1 aromatic heterocycles. The summed E-state index contributed by atoms with van der Waals surface area (Å²) in [5, 5.41) is 5.88. The molecule has 1 N–H and O–H groups in total. The monoisotopic (exact) mass is 304 g/mol. The second-order valence-electron chi connectivity index (χ2n) is 2.86. The van der Waals surface area contributed by atoms with Crippen molar-refractivity contribution in [1.82, 2.24) is 10.2 Å². The average Bonchev–Trinajstić information content (AvgIpc) is 2.80. The molecule has 8 heteroatoms. The largest absolute Gasteiger partial charge is 0.465 e. The molecule has 0 aliphatic carbocycles. The molecule has 0 saturated heterocycles. The average molecular weight is 305 g/mol. The Hall–Kier alpha value is -1.70. The third-order valence-electron chi connectivity index (χ3n) is 1.93. The van der Waals surface area contributed by atoms with E-state index in [9.17, 15) is 14.4 Å². The van der Waals surface area contributed by atoms with Crippen LogP contribution in [0, 0.1) is 0 Å². The van der Waals surface area contributed by atoms with Crippen LogP contribution in [0.1, 0.15) is 31.3 Å². The van der Waals surface area contributed by atoms with Gasteiger partial charge >= 0.3 is 11.9 Å². The summed E-state index contributed by atoms with van der Waals surface area (Å²) in [7, 11) is 2.29. The molecule has 0 saturated carbocycles. The van der Waals surface area contributed by atoms with Crippen LogP contribution in [-0.4, -0.2) is 47.5 Å². The Morgan fingerprint density at radius 2 is 1.82 bits per heavy atom. The number of alkyl halides is 1. The smallest absolute Gasteiger partial charge is 0.357 e. The number of methoxy groups -OCH3 is 2. The second kappa shape index (κ2) is 5.58. The highest BCUT2D eigenvalue weighted by Crippen LogP contribution is 2.15. The molecule has 0 fully saturated rings. The Kier molecular flexibility index (Phi) is 4.38. The number of ether oxygens (including phenoxy) is 2. The molecule has 1 rings (SSSR count). The van der Waals surface area contributed by atoms with Gasteiger partial charge in [0.2, 0.25) is 0 Å². The summed E-state index contributed by atoms with van der Waals surface area (Å²) in [6.07, 6.45) is 0. The molecule has 0 bridgehead atoms. The van der Waals surface area contributed by atoms with E-state index in [0.717, 1.165) is 14.2 Å². The van der Waals surface area contributed by atoms with Gasteiger partial charge in [-0.1, -0.05) is 15.9 Å². The van der Waals surface area contributed by atoms with Crippen LogP contribution in [0.2, 0.25) is 0 Å². The number of halogens is 1. The number of carbonyl (C=O) groups excluding carboxylic acids is 3. The SMILES string of the molecule is COC(=O)c1[nH]nc(C(=O)CBr)c1C(=O)OC. The normalized spacial score (nSPS) is 9.82. The van der Waals surface area contributed by atoms with E-state index in [4.69, 9.17) is 0 Å². The molecule has 0 aliphatic heterocycles. The number of aromatic amines is 1. The fraction of sp³-hybridized carbons (Fsp3) is 0.333. The van der Waals surface area contributed by atoms with Crippen LogP contribution < -0.4 is 0 Å². The fourth-order valence-electron chi connectivity index (χ4n) is 1.16. The van der Waals surface area contributed by atoms with Crippen LogP contribution in [0.5, 0.6) is 0 Å². The fourth-order valence-corrected chi connectivity index (χ4v) is 1.42. The van der Waals surface area contributed by atoms with E-state index in [1.165, 1.54) is 0 Å². The molecule has 0 radical (unpaired) electrons. The maximum atomic E-state index is 11.5. The molecular formula is C9H9BrN2O5. The molecule has 7 nitrogen and oxygen atoms in total. The maximum absolute atomic E-state index is 11.5. The Balaban J connectivity index is 3.34. The number of rotatable bonds is 4. The number of carbonyl (C=O) groups is 3. The first kappa shape index (κ1) is 13.4. The first-order valence-corrected chi connectivity index (χ1v) is 5.53. The molecule has 0 unspecified atom stereocenters. The van der Waals surface area contributed by atoms with Crippen molar-refractivity contribution < 1.29 is 23.9 Å². The number of Topliss-reactive ketones (excluding diaryl/α,β-unsaturated/α-hetero) is 1. The summed E-state index contributed by atoms with van der Waals surface area (Å²) in [4.78, 5) is 34.3. The van der Waals surface area contributed by atoms with Gasteiger partial charge in [-0.2, -0.15) is 5.10 Å². The summed E-state index contributed by atoms with van der Waals surface area (Å²) in [6, 6.07) is 0. The van der Waals surface area contributed by atoms with Crippen molar-refractivity contribution in [3.63, 3.8) is 0 Å². The highest BCUT2D eigenvalue weighted by atomic mass is 79.9. The van der Waals surface area contributed by atoms with E-state index in [1.807, 2.05) is 0 Å². The van der Waals surface area contributed by atoms with Crippen LogP contribution in [0.15, 0.2) is 0 Å². The van der Waals surface area contributed by atoms with Gasteiger partial charge in [0.15, 0.2) is 11.5 Å². The molecule has 1 heterocycles. The zero-order valence-electron chi connectivity index (χ0n) is 9.07. The molecular weight excluding hydrogens is 296 g/mol. The summed E-state index contributed by atoms with van der Waals surface area (Å²) in [5.74, 6) is -2.08. The van der Waals surface area contributed by atoms with Crippen molar-refractivity contribution in [2.45, 2.75) is 0 Å². The molecule has 0 aliphatic rings. The highest BCUT2D eigenvalue weighted by Gasteiger charge is 2.29. The summed E-state index contributed by atoms with van der Waals surface area (Å²) < 4.78 is 8.95. The van der Waals surface area contributed by atoms with Crippen molar-refractivity contribution in [2.24, 2.45) is 0 Å². The zero-order chi connectivity index (χ0) is 13.0. The third-order valence-corrected chi connectivity index (χ3v) is 2.44. The lowest BCUT2D eigenvalue weighted by Gasteiger charge is -2.01. The predicted octanol–water partition coefficient (Wildman–Crippen LogP) is 0.560. The molecule has 1 aromatic rings. The molecule has 0 aromatic carbocycles. The minimum Gasteiger partial charge on any atom is -0.465 e. The van der Waals surface area contributed by atoms with E-state index in [0.29, 0.717) is 0 Å². The Bertz CT molecular complexity index is 434. The summed E-state index contributed by atoms with van der Waals surface area (Å²) in [6.45, 7) is 0. The maximum Gasteiger partial charge on any atom is 0.357 e. The van der Waals surface area contributed by atoms with Crippen molar-refractivity contribution in [3.05, 3.63) is 17.0 Å². The topological polar surface area (TPSA) is 98.4 Å². The zero-order valence-corrected chi connectivity index (χ0v) is 10.7. The van der Waals surface area contributed by atoms with Gasteiger partial charge in [0.05, 0.1) is 19.5 Å². The van der Waals surface area contributed by atoms with Gasteiger partial charge in [-0.05, 0) is 0 Å². The van der Waals surface area contributed by atoms with Gasteiger partial charge < -0.3 is 9.47 Å². The number of H-pyrrole nitrogens is 1. The van der Waals surface area contributed by atoms with Gasteiger partial charge in [-0.25, -0.2) is 9.59 Å². The van der Waals surface area contributed by atoms with Crippen LogP contribution in [0.4, 0.5) is 0 Å². The van der Waals surface area contributed by atoms with E-state index in [-0.39, 0.29) is 22.3 Å². The lowest BCUT2D eigenvalue weighted by Crippen LogP contribution is -2.14. The van der Waals surface area contributed by atoms with Crippen LogP contribution in [-0.2, 0) is 9.47 Å². The standard InChI is InChI=1S/C9H9BrN2O5/c1-16-8(14)5-6(4(13)3-10)11-12-7(5)9(15)17-2/h3H2,1-2H3,(H,11,12). The van der Waals surface area contributed by atoms with E-state index < -0.39 is 17.7 Å². The quantitative estimate of drug-likeness (QED) is 0.496. The molecule has 92 valence electrons. The lowest BCUT2D eigenvalue weighted by atomic mass is 10.1. The Labute approximate surface area is 105 Å². The molecule has 0 spiro atoms.